The molecule has 0 radical (unpaired) electrons. The lowest BCUT2D eigenvalue weighted by atomic mass is 10.0. The average Bonchev–Trinajstić information content (AvgIpc) is 3.05. The molecule has 162 valence electrons. The minimum absolute atomic E-state index is 0.110. The van der Waals surface area contributed by atoms with Gasteiger partial charge >= 0.3 is 0 Å². The molecule has 0 spiro atoms. The number of carbonyl (C=O) groups is 3. The summed E-state index contributed by atoms with van der Waals surface area (Å²) in [6.07, 6.45) is 0. The first-order valence-electron chi connectivity index (χ1n) is 9.91. The highest BCUT2D eigenvalue weighted by Gasteiger charge is 2.40. The predicted octanol–water partition coefficient (Wildman–Crippen LogP) is 4.57. The molecule has 3 aromatic rings. The second-order valence-electron chi connectivity index (χ2n) is 7.24. The van der Waals surface area contributed by atoms with E-state index in [-0.39, 0.29) is 17.2 Å². The van der Waals surface area contributed by atoms with Gasteiger partial charge in [0.05, 0.1) is 22.9 Å². The predicted molar refractivity (Wildman–Crippen MR) is 126 cm³/mol. The van der Waals surface area contributed by atoms with Crippen molar-refractivity contribution in [2.75, 3.05) is 15.5 Å². The van der Waals surface area contributed by atoms with Crippen molar-refractivity contribution < 1.29 is 14.4 Å². The Morgan fingerprint density at radius 3 is 2.06 bits per heavy atom. The van der Waals surface area contributed by atoms with Crippen molar-refractivity contribution in [2.24, 2.45) is 0 Å². The Hall–Kier alpha value is -4.41. The van der Waals surface area contributed by atoms with Crippen molar-refractivity contribution in [3.05, 3.63) is 94.6 Å². The molecule has 0 fully saturated rings. The van der Waals surface area contributed by atoms with Crippen LogP contribution in [0.4, 0.5) is 17.1 Å². The van der Waals surface area contributed by atoms with Crippen molar-refractivity contribution in [2.45, 2.75) is 6.92 Å². The largest absolute Gasteiger partial charge is 0.350 e. The second kappa shape index (κ2) is 8.99. The Bertz CT molecular complexity index is 1320. The molecule has 0 unspecified atom stereocenters. The van der Waals surface area contributed by atoms with E-state index in [9.17, 15) is 14.4 Å². The summed E-state index contributed by atoms with van der Waals surface area (Å²) in [6, 6.07) is 21.6. The zero-order valence-electron chi connectivity index (χ0n) is 17.4. The maximum Gasteiger partial charge on any atom is 0.282 e. The van der Waals surface area contributed by atoms with Crippen LogP contribution in [-0.2, 0) is 14.4 Å². The number of anilines is 3. The molecule has 1 heterocycles. The molecule has 3 amide bonds. The summed E-state index contributed by atoms with van der Waals surface area (Å²) in [4.78, 5) is 39.1. The smallest absolute Gasteiger partial charge is 0.282 e. The summed E-state index contributed by atoms with van der Waals surface area (Å²) in [5.41, 5.74) is 2.79. The number of nitriles is 1. The van der Waals surface area contributed by atoms with Gasteiger partial charge in [-0.3, -0.25) is 14.4 Å². The van der Waals surface area contributed by atoms with Gasteiger partial charge in [0.15, 0.2) is 0 Å². The van der Waals surface area contributed by atoms with E-state index in [1.165, 1.54) is 6.92 Å². The Kier molecular flexibility index (Phi) is 5.94. The van der Waals surface area contributed by atoms with Gasteiger partial charge in [-0.15, -0.1) is 0 Å². The molecule has 1 aliphatic rings. The molecule has 4 rings (SSSR count). The maximum absolute atomic E-state index is 13.4. The molecule has 0 bridgehead atoms. The van der Waals surface area contributed by atoms with Gasteiger partial charge in [-0.2, -0.15) is 5.26 Å². The van der Waals surface area contributed by atoms with Crippen LogP contribution >= 0.6 is 11.6 Å². The van der Waals surface area contributed by atoms with Crippen LogP contribution in [0.3, 0.4) is 0 Å². The van der Waals surface area contributed by atoms with Gasteiger partial charge in [-0.05, 0) is 66.2 Å². The van der Waals surface area contributed by atoms with Crippen LogP contribution in [0.5, 0.6) is 0 Å². The van der Waals surface area contributed by atoms with Crippen molar-refractivity contribution in [3.8, 4) is 6.07 Å². The van der Waals surface area contributed by atoms with E-state index >= 15 is 0 Å². The van der Waals surface area contributed by atoms with Crippen molar-refractivity contribution >= 4 is 52.0 Å². The number of nitrogens with one attached hydrogen (secondary N) is 2. The van der Waals surface area contributed by atoms with Crippen LogP contribution < -0.4 is 15.5 Å². The number of amides is 3. The number of rotatable bonds is 5. The molecule has 0 saturated heterocycles. The first kappa shape index (κ1) is 21.8. The number of hydrogen-bond acceptors (Lipinski definition) is 5. The number of benzene rings is 3. The third-order valence-electron chi connectivity index (χ3n) is 4.95. The van der Waals surface area contributed by atoms with Crippen molar-refractivity contribution in [1.82, 2.24) is 0 Å². The summed E-state index contributed by atoms with van der Waals surface area (Å²) >= 11 is 6.00. The van der Waals surface area contributed by atoms with Crippen molar-refractivity contribution in [1.29, 1.82) is 5.26 Å². The third kappa shape index (κ3) is 4.47. The Morgan fingerprint density at radius 1 is 0.879 bits per heavy atom. The molecular formula is C25H17ClN4O3. The normalized spacial score (nSPS) is 13.2. The van der Waals surface area contributed by atoms with E-state index in [1.807, 2.05) is 6.07 Å². The van der Waals surface area contributed by atoms with Crippen molar-refractivity contribution in [3.63, 3.8) is 0 Å². The van der Waals surface area contributed by atoms with E-state index in [0.29, 0.717) is 33.2 Å². The fraction of sp³-hybridized carbons (Fsp3) is 0.0400. The standard InChI is InChI=1S/C25H17ClN4O3/c1-15(31)28-19-8-10-20(11-9-19)29-23-22(17-4-6-18(26)7-5-17)24(32)30(25(23)33)21-12-2-16(14-27)3-13-21/h2-13,29H,1H3,(H,28,31). The molecule has 0 aliphatic carbocycles. The molecule has 0 atom stereocenters. The van der Waals surface area contributed by atoms with Gasteiger partial charge in [-0.1, -0.05) is 23.7 Å². The van der Waals surface area contributed by atoms with Crippen LogP contribution in [-0.4, -0.2) is 17.7 Å². The third-order valence-corrected chi connectivity index (χ3v) is 5.20. The fourth-order valence-corrected chi connectivity index (χ4v) is 3.56. The molecule has 8 heteroatoms. The number of nitrogens with zero attached hydrogens (tertiary/aromatic N) is 2. The molecule has 7 nitrogen and oxygen atoms in total. The number of carbonyl (C=O) groups excluding carboxylic acids is 3. The van der Waals surface area contributed by atoms with Gasteiger partial charge in [0.2, 0.25) is 5.91 Å². The molecule has 2 N–H and O–H groups in total. The Morgan fingerprint density at radius 2 is 1.48 bits per heavy atom. The minimum atomic E-state index is -0.527. The van der Waals surface area contributed by atoms with Crippen LogP contribution in [0.2, 0.25) is 5.02 Å². The Balaban J connectivity index is 1.74. The topological polar surface area (TPSA) is 102 Å². The van der Waals surface area contributed by atoms with E-state index in [0.717, 1.165) is 4.90 Å². The van der Waals surface area contributed by atoms with Gasteiger partial charge in [-0.25, -0.2) is 4.90 Å². The van der Waals surface area contributed by atoms with Gasteiger partial charge in [0.25, 0.3) is 11.8 Å². The Labute approximate surface area is 194 Å². The summed E-state index contributed by atoms with van der Waals surface area (Å²) in [6.45, 7) is 1.41. The highest BCUT2D eigenvalue weighted by Crippen LogP contribution is 2.34. The van der Waals surface area contributed by atoms with Gasteiger partial charge < -0.3 is 10.6 Å². The second-order valence-corrected chi connectivity index (χ2v) is 7.68. The molecule has 0 aromatic heterocycles. The van der Waals surface area contributed by atoms with Crippen LogP contribution in [0.1, 0.15) is 18.1 Å². The summed E-state index contributed by atoms with van der Waals surface area (Å²) in [5, 5.41) is 15.3. The fourth-order valence-electron chi connectivity index (χ4n) is 3.43. The maximum atomic E-state index is 13.4. The average molecular weight is 457 g/mol. The zero-order valence-corrected chi connectivity index (χ0v) is 18.2. The van der Waals surface area contributed by atoms with Crippen LogP contribution in [0, 0.1) is 11.3 Å². The lowest BCUT2D eigenvalue weighted by Crippen LogP contribution is -2.32. The minimum Gasteiger partial charge on any atom is -0.350 e. The molecular weight excluding hydrogens is 440 g/mol. The summed E-state index contributed by atoms with van der Waals surface area (Å²) < 4.78 is 0. The number of halogens is 1. The first-order chi connectivity index (χ1) is 15.9. The van der Waals surface area contributed by atoms with Crippen LogP contribution in [0.15, 0.2) is 78.5 Å². The lowest BCUT2D eigenvalue weighted by Gasteiger charge is -2.15. The SMILES string of the molecule is CC(=O)Nc1ccc(NC2=C(c3ccc(Cl)cc3)C(=O)N(c3ccc(C#N)cc3)C2=O)cc1. The summed E-state index contributed by atoms with van der Waals surface area (Å²) in [7, 11) is 0. The van der Waals surface area contributed by atoms with Crippen LogP contribution in [0.25, 0.3) is 5.57 Å². The number of hydrogen-bond donors (Lipinski definition) is 2. The number of imide groups is 1. The molecule has 0 saturated carbocycles. The highest BCUT2D eigenvalue weighted by molar-refractivity contribution is 6.46. The zero-order chi connectivity index (χ0) is 23.5. The molecule has 3 aromatic carbocycles. The molecule has 1 aliphatic heterocycles. The van der Waals surface area contributed by atoms with E-state index in [2.05, 4.69) is 10.6 Å². The van der Waals surface area contributed by atoms with E-state index in [4.69, 9.17) is 16.9 Å². The molecule has 33 heavy (non-hydrogen) atoms. The quantitative estimate of drug-likeness (QED) is 0.547. The highest BCUT2D eigenvalue weighted by atomic mass is 35.5. The first-order valence-corrected chi connectivity index (χ1v) is 10.3. The lowest BCUT2D eigenvalue weighted by molar-refractivity contribution is -0.120. The van der Waals surface area contributed by atoms with Gasteiger partial charge in [0.1, 0.15) is 5.70 Å². The monoisotopic (exact) mass is 456 g/mol. The summed E-state index contributed by atoms with van der Waals surface area (Å²) in [5.74, 6) is -1.22. The van der Waals surface area contributed by atoms with Gasteiger partial charge in [0, 0.05) is 23.3 Å². The van der Waals surface area contributed by atoms with E-state index in [1.54, 1.807) is 72.8 Å². The van der Waals surface area contributed by atoms with E-state index < -0.39 is 11.8 Å².